The molecule has 1 spiro atoms. The van der Waals surface area contributed by atoms with Gasteiger partial charge in [-0.15, -0.1) is 0 Å². The number of nitrogens with one attached hydrogen (secondary N) is 2. The van der Waals surface area contributed by atoms with Gasteiger partial charge in [-0.25, -0.2) is 14.8 Å². The third-order valence-corrected chi connectivity index (χ3v) is 5.82. The number of alkyl carbamates (subject to hydrolysis) is 1. The Morgan fingerprint density at radius 3 is 2.79 bits per heavy atom. The third-order valence-electron chi connectivity index (χ3n) is 5.29. The number of H-pyrrole nitrogens is 1. The van der Waals surface area contributed by atoms with Gasteiger partial charge < -0.3 is 15.0 Å². The molecule has 1 atom stereocenters. The minimum Gasteiger partial charge on any atom is -0.453 e. The number of amides is 2. The molecular formula is C19H21BrN4O4. The second kappa shape index (κ2) is 7.56. The standard InChI is InChI=1S/C19H21BrN4O4/c1-27-18(26)22-11-16(25)24-15(9-19(28-24)7-2-8-19)17-21-10-14(23-17)12-3-5-13(20)6-4-12/h3-6,10,15H,2,7-9,11H2,1H3,(H,21,23)(H,22,26)/t15-/m0/s1. The summed E-state index contributed by atoms with van der Waals surface area (Å²) in [7, 11) is 1.25. The van der Waals surface area contributed by atoms with Crippen molar-refractivity contribution in [3.05, 3.63) is 40.8 Å². The van der Waals surface area contributed by atoms with Crippen molar-refractivity contribution in [2.45, 2.75) is 37.3 Å². The molecule has 2 aromatic rings. The molecule has 1 saturated carbocycles. The number of benzene rings is 1. The van der Waals surface area contributed by atoms with E-state index in [1.54, 1.807) is 6.20 Å². The number of nitrogens with zero attached hydrogens (tertiary/aromatic N) is 2. The lowest BCUT2D eigenvalue weighted by molar-refractivity contribution is -0.227. The van der Waals surface area contributed by atoms with E-state index < -0.39 is 6.09 Å². The molecule has 1 aromatic carbocycles. The summed E-state index contributed by atoms with van der Waals surface area (Å²) >= 11 is 3.43. The molecule has 2 fully saturated rings. The van der Waals surface area contributed by atoms with Crippen LogP contribution in [0.3, 0.4) is 0 Å². The molecule has 1 aliphatic heterocycles. The molecule has 0 bridgehead atoms. The molecule has 1 aliphatic carbocycles. The summed E-state index contributed by atoms with van der Waals surface area (Å²) in [5, 5.41) is 3.77. The smallest absolute Gasteiger partial charge is 0.407 e. The van der Waals surface area contributed by atoms with Crippen molar-refractivity contribution in [1.82, 2.24) is 20.3 Å². The van der Waals surface area contributed by atoms with Crippen LogP contribution < -0.4 is 5.32 Å². The van der Waals surface area contributed by atoms with E-state index in [-0.39, 0.29) is 24.1 Å². The van der Waals surface area contributed by atoms with Gasteiger partial charge >= 0.3 is 6.09 Å². The number of halogens is 1. The van der Waals surface area contributed by atoms with Crippen LogP contribution in [0.5, 0.6) is 0 Å². The van der Waals surface area contributed by atoms with Crippen molar-refractivity contribution < 1.29 is 19.2 Å². The highest BCUT2D eigenvalue weighted by Crippen LogP contribution is 2.50. The average molecular weight is 449 g/mol. The summed E-state index contributed by atoms with van der Waals surface area (Å²) in [4.78, 5) is 37.8. The van der Waals surface area contributed by atoms with Gasteiger partial charge in [-0.05, 0) is 37.0 Å². The highest BCUT2D eigenvalue weighted by Gasteiger charge is 2.52. The quantitative estimate of drug-likeness (QED) is 0.747. The van der Waals surface area contributed by atoms with Crippen LogP contribution in [0.15, 0.2) is 34.9 Å². The van der Waals surface area contributed by atoms with Crippen LogP contribution in [0.25, 0.3) is 11.3 Å². The van der Waals surface area contributed by atoms with Crippen molar-refractivity contribution in [1.29, 1.82) is 0 Å². The number of imidazole rings is 1. The fourth-order valence-electron chi connectivity index (χ4n) is 3.62. The van der Waals surface area contributed by atoms with Crippen molar-refractivity contribution in [2.75, 3.05) is 13.7 Å². The maximum absolute atomic E-state index is 12.7. The normalized spacial score (nSPS) is 20.1. The van der Waals surface area contributed by atoms with Gasteiger partial charge in [0.05, 0.1) is 24.6 Å². The van der Waals surface area contributed by atoms with E-state index in [1.165, 1.54) is 12.2 Å². The zero-order chi connectivity index (χ0) is 19.7. The Hall–Kier alpha value is -2.39. The largest absolute Gasteiger partial charge is 0.453 e. The second-order valence-electron chi connectivity index (χ2n) is 7.10. The van der Waals surface area contributed by atoms with Crippen molar-refractivity contribution >= 4 is 27.9 Å². The first-order chi connectivity index (χ1) is 13.5. The van der Waals surface area contributed by atoms with E-state index in [2.05, 4.69) is 36.0 Å². The summed E-state index contributed by atoms with van der Waals surface area (Å²) < 4.78 is 5.53. The molecule has 2 amide bonds. The lowest BCUT2D eigenvalue weighted by Gasteiger charge is -2.36. The topological polar surface area (TPSA) is 96.6 Å². The number of aromatic nitrogens is 2. The van der Waals surface area contributed by atoms with Gasteiger partial charge in [-0.2, -0.15) is 0 Å². The molecule has 2 aliphatic rings. The monoisotopic (exact) mass is 448 g/mol. The molecule has 0 unspecified atom stereocenters. The predicted molar refractivity (Wildman–Crippen MR) is 104 cm³/mol. The van der Waals surface area contributed by atoms with Crippen molar-refractivity contribution in [3.63, 3.8) is 0 Å². The summed E-state index contributed by atoms with van der Waals surface area (Å²) in [5.41, 5.74) is 1.57. The second-order valence-corrected chi connectivity index (χ2v) is 8.02. The predicted octanol–water partition coefficient (Wildman–Crippen LogP) is 3.32. The minimum atomic E-state index is -0.655. The molecule has 0 radical (unpaired) electrons. The molecule has 1 saturated heterocycles. The molecule has 4 rings (SSSR count). The number of aromatic amines is 1. The van der Waals surface area contributed by atoms with Crippen LogP contribution in [0, 0.1) is 0 Å². The molecule has 9 heteroatoms. The lowest BCUT2D eigenvalue weighted by atomic mass is 9.77. The minimum absolute atomic E-state index is 0.195. The number of ether oxygens (including phenoxy) is 1. The Morgan fingerprint density at radius 1 is 1.39 bits per heavy atom. The average Bonchev–Trinajstić information content (AvgIpc) is 3.31. The SMILES string of the molecule is COC(=O)NCC(=O)N1OC2(CCC2)C[C@H]1c1ncc(-c2ccc(Br)cc2)[nH]1. The van der Waals surface area contributed by atoms with Crippen LogP contribution in [-0.2, 0) is 14.4 Å². The van der Waals surface area contributed by atoms with Gasteiger partial charge in [0.25, 0.3) is 5.91 Å². The number of hydrogen-bond acceptors (Lipinski definition) is 5. The fraction of sp³-hybridized carbons (Fsp3) is 0.421. The van der Waals surface area contributed by atoms with Gasteiger partial charge in [0, 0.05) is 10.9 Å². The molecular weight excluding hydrogens is 428 g/mol. The number of carbonyl (C=O) groups excluding carboxylic acids is 2. The van der Waals surface area contributed by atoms with Gasteiger partial charge in [0.15, 0.2) is 0 Å². The Bertz CT molecular complexity index is 878. The first kappa shape index (κ1) is 18.9. The van der Waals surface area contributed by atoms with E-state index in [9.17, 15) is 9.59 Å². The summed E-state index contributed by atoms with van der Waals surface area (Å²) in [5.74, 6) is 0.342. The maximum atomic E-state index is 12.7. The van der Waals surface area contributed by atoms with Gasteiger partial charge in [0.1, 0.15) is 18.4 Å². The fourth-order valence-corrected chi connectivity index (χ4v) is 3.89. The summed E-state index contributed by atoms with van der Waals surface area (Å²) in [6.07, 6.45) is 4.70. The first-order valence-electron chi connectivity index (χ1n) is 9.13. The van der Waals surface area contributed by atoms with E-state index in [0.29, 0.717) is 12.2 Å². The maximum Gasteiger partial charge on any atom is 0.407 e. The molecule has 2 heterocycles. The number of rotatable bonds is 4. The van der Waals surface area contributed by atoms with Crippen molar-refractivity contribution in [3.8, 4) is 11.3 Å². The Balaban J connectivity index is 1.54. The van der Waals surface area contributed by atoms with Gasteiger partial charge in [-0.1, -0.05) is 28.1 Å². The number of carbonyl (C=O) groups is 2. The van der Waals surface area contributed by atoms with Gasteiger partial charge in [-0.3, -0.25) is 9.63 Å². The van der Waals surface area contributed by atoms with E-state index in [1.807, 2.05) is 24.3 Å². The highest BCUT2D eigenvalue weighted by atomic mass is 79.9. The van der Waals surface area contributed by atoms with Crippen LogP contribution in [0.2, 0.25) is 0 Å². The summed E-state index contributed by atoms with van der Waals surface area (Å²) in [6.45, 7) is -0.195. The van der Waals surface area contributed by atoms with Crippen LogP contribution in [0.4, 0.5) is 4.79 Å². The Kier molecular flexibility index (Phi) is 5.11. The van der Waals surface area contributed by atoms with E-state index in [0.717, 1.165) is 35.0 Å². The third kappa shape index (κ3) is 3.64. The lowest BCUT2D eigenvalue weighted by Crippen LogP contribution is -2.42. The number of hydroxylamine groups is 2. The molecule has 28 heavy (non-hydrogen) atoms. The number of hydrogen-bond donors (Lipinski definition) is 2. The Labute approximate surface area is 170 Å². The highest BCUT2D eigenvalue weighted by molar-refractivity contribution is 9.10. The summed E-state index contributed by atoms with van der Waals surface area (Å²) in [6, 6.07) is 7.58. The zero-order valence-electron chi connectivity index (χ0n) is 15.4. The van der Waals surface area contributed by atoms with Crippen LogP contribution in [-0.4, -0.2) is 46.3 Å². The van der Waals surface area contributed by atoms with Crippen LogP contribution in [0.1, 0.15) is 37.5 Å². The van der Waals surface area contributed by atoms with E-state index >= 15 is 0 Å². The Morgan fingerprint density at radius 2 is 2.14 bits per heavy atom. The number of methoxy groups -OCH3 is 1. The molecule has 8 nitrogen and oxygen atoms in total. The molecule has 148 valence electrons. The molecule has 2 N–H and O–H groups in total. The zero-order valence-corrected chi connectivity index (χ0v) is 17.0. The van der Waals surface area contributed by atoms with Gasteiger partial charge in [0.2, 0.25) is 0 Å². The first-order valence-corrected chi connectivity index (χ1v) is 9.93. The van der Waals surface area contributed by atoms with Crippen molar-refractivity contribution in [2.24, 2.45) is 0 Å². The molecule has 1 aromatic heterocycles. The van der Waals surface area contributed by atoms with E-state index in [4.69, 9.17) is 4.84 Å². The van der Waals surface area contributed by atoms with Crippen LogP contribution >= 0.6 is 15.9 Å².